The lowest BCUT2D eigenvalue weighted by molar-refractivity contribution is -0.139. The maximum Gasteiger partial charge on any atom is 0.254 e. The van der Waals surface area contributed by atoms with Gasteiger partial charge in [0.15, 0.2) is 11.5 Å². The van der Waals surface area contributed by atoms with E-state index >= 15 is 0 Å². The Labute approximate surface area is 262 Å². The molecule has 12 nitrogen and oxygen atoms in total. The summed E-state index contributed by atoms with van der Waals surface area (Å²) in [7, 11) is 4.63. The van der Waals surface area contributed by atoms with Crippen LogP contribution in [-0.2, 0) is 20.8 Å². The lowest BCUT2D eigenvalue weighted by Crippen LogP contribution is -2.54. The van der Waals surface area contributed by atoms with Crippen LogP contribution in [-0.4, -0.2) is 98.5 Å². The fourth-order valence-corrected chi connectivity index (χ4v) is 6.35. The van der Waals surface area contributed by atoms with E-state index in [2.05, 4.69) is 15.6 Å². The first-order valence-electron chi connectivity index (χ1n) is 15.2. The van der Waals surface area contributed by atoms with Crippen molar-refractivity contribution in [2.45, 2.75) is 26.4 Å². The van der Waals surface area contributed by atoms with Crippen LogP contribution in [0.5, 0.6) is 17.2 Å². The Morgan fingerprint density at radius 1 is 0.956 bits per heavy atom. The molecular weight excluding hydrogens is 578 g/mol. The Morgan fingerprint density at radius 3 is 2.44 bits per heavy atom. The molecular formula is C33H41N5O7. The highest BCUT2D eigenvalue weighted by Crippen LogP contribution is 2.37. The molecule has 1 aromatic heterocycles. The Balaban J connectivity index is 1.36. The van der Waals surface area contributed by atoms with E-state index in [1.807, 2.05) is 38.2 Å². The van der Waals surface area contributed by atoms with E-state index in [-0.39, 0.29) is 61.1 Å². The van der Waals surface area contributed by atoms with Gasteiger partial charge in [0.2, 0.25) is 17.7 Å². The van der Waals surface area contributed by atoms with Crippen LogP contribution in [0.1, 0.15) is 29.8 Å². The molecule has 3 atom stereocenters. The standard InChI is InChI=1S/C33H41N5O7/c1-19(2)45-28-9-6-20(10-29(28)44-5)33(42)38-16-22-15-37(18-26(25(22)17-38)32(41)36-14-30(39)34-3)31(40)11-21-13-35-27-8-7-23(43-4)12-24(21)27/h6-10,12-13,19,22,25-26,35H,11,14-18H2,1-5H3,(H,34,39)(H,36,41). The van der Waals surface area contributed by atoms with E-state index in [0.29, 0.717) is 42.4 Å². The predicted molar refractivity (Wildman–Crippen MR) is 167 cm³/mol. The van der Waals surface area contributed by atoms with Crippen LogP contribution < -0.4 is 24.8 Å². The number of nitrogens with one attached hydrogen (secondary N) is 3. The normalized spacial score (nSPS) is 19.3. The lowest BCUT2D eigenvalue weighted by atomic mass is 9.79. The summed E-state index contributed by atoms with van der Waals surface area (Å²) in [5, 5.41) is 6.13. The summed E-state index contributed by atoms with van der Waals surface area (Å²) in [6.45, 7) is 5.03. The maximum absolute atomic E-state index is 13.7. The number of fused-ring (bicyclic) bond motifs is 2. The van der Waals surface area contributed by atoms with Gasteiger partial charge < -0.3 is 39.6 Å². The molecule has 2 aliphatic rings. The van der Waals surface area contributed by atoms with E-state index in [1.165, 1.54) is 14.2 Å². The summed E-state index contributed by atoms with van der Waals surface area (Å²) in [6, 6.07) is 10.8. The van der Waals surface area contributed by atoms with Crippen molar-refractivity contribution in [2.75, 3.05) is 54.0 Å². The third-order valence-electron chi connectivity index (χ3n) is 8.65. The molecule has 240 valence electrons. The average molecular weight is 620 g/mol. The minimum atomic E-state index is -0.588. The van der Waals surface area contributed by atoms with Crippen molar-refractivity contribution in [3.63, 3.8) is 0 Å². The highest BCUT2D eigenvalue weighted by atomic mass is 16.5. The first-order chi connectivity index (χ1) is 21.6. The molecule has 5 rings (SSSR count). The van der Waals surface area contributed by atoms with Gasteiger partial charge in [0.05, 0.1) is 39.2 Å². The van der Waals surface area contributed by atoms with Crippen LogP contribution in [0, 0.1) is 17.8 Å². The van der Waals surface area contributed by atoms with E-state index in [4.69, 9.17) is 14.2 Å². The molecule has 2 saturated heterocycles. The number of hydrogen-bond acceptors (Lipinski definition) is 7. The molecule has 3 aromatic rings. The number of likely N-dealkylation sites (tertiary alicyclic amines) is 2. The fourth-order valence-electron chi connectivity index (χ4n) is 6.35. The molecule has 2 fully saturated rings. The summed E-state index contributed by atoms with van der Waals surface area (Å²) in [6.07, 6.45) is 1.91. The van der Waals surface area contributed by atoms with Crippen molar-refractivity contribution < 1.29 is 33.4 Å². The predicted octanol–water partition coefficient (Wildman–Crippen LogP) is 2.22. The van der Waals surface area contributed by atoms with E-state index in [9.17, 15) is 19.2 Å². The molecule has 0 bridgehead atoms. The number of hydrogen-bond donors (Lipinski definition) is 3. The quantitative estimate of drug-likeness (QED) is 0.316. The smallest absolute Gasteiger partial charge is 0.254 e. The number of H-pyrrole nitrogens is 1. The second-order valence-corrected chi connectivity index (χ2v) is 11.9. The highest BCUT2D eigenvalue weighted by Gasteiger charge is 2.48. The van der Waals surface area contributed by atoms with Gasteiger partial charge in [-0.1, -0.05) is 0 Å². The first kappa shape index (κ1) is 31.7. The van der Waals surface area contributed by atoms with Crippen molar-refractivity contribution in [1.82, 2.24) is 25.4 Å². The molecule has 0 spiro atoms. The average Bonchev–Trinajstić information content (AvgIpc) is 3.66. The number of methoxy groups -OCH3 is 2. The molecule has 45 heavy (non-hydrogen) atoms. The van der Waals surface area contributed by atoms with Gasteiger partial charge in [0.25, 0.3) is 5.91 Å². The summed E-state index contributed by atoms with van der Waals surface area (Å²) < 4.78 is 16.7. The van der Waals surface area contributed by atoms with Gasteiger partial charge in [-0.15, -0.1) is 0 Å². The van der Waals surface area contributed by atoms with Crippen molar-refractivity contribution in [3.8, 4) is 17.2 Å². The number of nitrogens with zero attached hydrogens (tertiary/aromatic N) is 2. The third-order valence-corrected chi connectivity index (χ3v) is 8.65. The number of carbonyl (C=O) groups excluding carboxylic acids is 4. The molecule has 4 amide bonds. The van der Waals surface area contributed by atoms with Crippen LogP contribution in [0.2, 0.25) is 0 Å². The Hall–Kier alpha value is -4.74. The van der Waals surface area contributed by atoms with E-state index < -0.39 is 5.92 Å². The van der Waals surface area contributed by atoms with Gasteiger partial charge in [-0.3, -0.25) is 19.2 Å². The van der Waals surface area contributed by atoms with Crippen LogP contribution >= 0.6 is 0 Å². The zero-order chi connectivity index (χ0) is 32.2. The maximum atomic E-state index is 13.7. The van der Waals surface area contributed by atoms with Crippen molar-refractivity contribution in [2.24, 2.45) is 17.8 Å². The molecule has 0 radical (unpaired) electrons. The molecule has 2 aliphatic heterocycles. The number of ether oxygens (including phenoxy) is 3. The van der Waals surface area contributed by atoms with Gasteiger partial charge >= 0.3 is 0 Å². The number of amides is 4. The fraction of sp³-hybridized carbons (Fsp3) is 0.455. The molecule has 0 saturated carbocycles. The largest absolute Gasteiger partial charge is 0.497 e. The van der Waals surface area contributed by atoms with Crippen LogP contribution in [0.3, 0.4) is 0 Å². The molecule has 2 aromatic carbocycles. The summed E-state index contributed by atoms with van der Waals surface area (Å²) >= 11 is 0. The van der Waals surface area contributed by atoms with Gasteiger partial charge in [-0.2, -0.15) is 0 Å². The molecule has 0 aliphatic carbocycles. The zero-order valence-corrected chi connectivity index (χ0v) is 26.3. The monoisotopic (exact) mass is 619 g/mol. The van der Waals surface area contributed by atoms with Gasteiger partial charge in [-0.05, 0) is 67.6 Å². The van der Waals surface area contributed by atoms with Crippen LogP contribution in [0.25, 0.3) is 10.9 Å². The minimum absolute atomic E-state index is 0.0573. The zero-order valence-electron chi connectivity index (χ0n) is 26.3. The van der Waals surface area contributed by atoms with E-state index in [0.717, 1.165) is 16.5 Å². The number of rotatable bonds is 10. The third kappa shape index (κ3) is 6.84. The topological polar surface area (TPSA) is 142 Å². The highest BCUT2D eigenvalue weighted by molar-refractivity contribution is 5.95. The van der Waals surface area contributed by atoms with Gasteiger partial charge in [-0.25, -0.2) is 0 Å². The Morgan fingerprint density at radius 2 is 1.73 bits per heavy atom. The molecule has 3 unspecified atom stereocenters. The number of likely N-dealkylation sites (N-methyl/N-ethyl adjacent to an activating group) is 1. The van der Waals surface area contributed by atoms with Crippen molar-refractivity contribution in [3.05, 3.63) is 53.7 Å². The van der Waals surface area contributed by atoms with Crippen molar-refractivity contribution in [1.29, 1.82) is 0 Å². The number of piperidine rings is 1. The van der Waals surface area contributed by atoms with Crippen LogP contribution in [0.15, 0.2) is 42.6 Å². The minimum Gasteiger partial charge on any atom is -0.497 e. The van der Waals surface area contributed by atoms with Gasteiger partial charge in [0.1, 0.15) is 5.75 Å². The van der Waals surface area contributed by atoms with Crippen molar-refractivity contribution >= 4 is 34.5 Å². The second kappa shape index (κ2) is 13.5. The lowest BCUT2D eigenvalue weighted by Gasteiger charge is -2.39. The van der Waals surface area contributed by atoms with Gasteiger partial charge in [0, 0.05) is 55.9 Å². The molecule has 3 N–H and O–H groups in total. The Bertz CT molecular complexity index is 1580. The van der Waals surface area contributed by atoms with E-state index in [1.54, 1.807) is 35.1 Å². The number of aromatic nitrogens is 1. The summed E-state index contributed by atoms with van der Waals surface area (Å²) in [5.41, 5.74) is 2.18. The second-order valence-electron chi connectivity index (χ2n) is 11.9. The summed E-state index contributed by atoms with van der Waals surface area (Å²) in [5.74, 6) is -0.102. The SMILES string of the molecule is CNC(=O)CNC(=O)C1CN(C(=O)Cc2c[nH]c3ccc(OC)cc23)CC2CN(C(=O)c3ccc(OC(C)C)c(OC)c3)CC21. The molecule has 3 heterocycles. The van der Waals surface area contributed by atoms with Crippen LogP contribution in [0.4, 0.5) is 0 Å². The number of carbonyl (C=O) groups is 4. The Kier molecular flexibility index (Phi) is 9.50. The molecule has 12 heteroatoms. The summed E-state index contributed by atoms with van der Waals surface area (Å²) in [4.78, 5) is 59.5. The number of benzene rings is 2. The first-order valence-corrected chi connectivity index (χ1v) is 15.2. The number of aromatic amines is 1.